The number of hydrogen-bond donors (Lipinski definition) is 0. The maximum absolute atomic E-state index is 12.8. The second-order valence-electron chi connectivity index (χ2n) is 4.74. The van der Waals surface area contributed by atoms with E-state index in [1.165, 1.54) is 0 Å². The number of carbonyl (C=O) groups is 1. The van der Waals surface area contributed by atoms with Crippen molar-refractivity contribution in [2.75, 3.05) is 0 Å². The van der Waals surface area contributed by atoms with Gasteiger partial charge in [0.25, 0.3) is 0 Å². The number of ketones is 1. The lowest BCUT2D eigenvalue weighted by Crippen LogP contribution is -2.32. The molecular formula is C14H15F3O. The molecule has 18 heavy (non-hydrogen) atoms. The number of Topliss-reactive ketones (excluding diaryl/α,β-unsaturated/α-hetero) is 1. The van der Waals surface area contributed by atoms with Crippen LogP contribution in [0.25, 0.3) is 0 Å². The molecule has 1 aliphatic rings. The summed E-state index contributed by atoms with van der Waals surface area (Å²) in [5.41, 5.74) is 0.707. The zero-order valence-corrected chi connectivity index (χ0v) is 9.91. The summed E-state index contributed by atoms with van der Waals surface area (Å²) in [5, 5.41) is 0. The first-order valence-corrected chi connectivity index (χ1v) is 6.15. The summed E-state index contributed by atoms with van der Waals surface area (Å²) in [6.07, 6.45) is -2.80. The van der Waals surface area contributed by atoms with Crippen LogP contribution in [0.2, 0.25) is 0 Å². The van der Waals surface area contributed by atoms with Gasteiger partial charge in [-0.2, -0.15) is 13.2 Å². The number of alkyl halides is 3. The molecule has 2 rings (SSSR count). The van der Waals surface area contributed by atoms with Gasteiger partial charge in [0.05, 0.1) is 0 Å². The van der Waals surface area contributed by atoms with Crippen molar-refractivity contribution in [2.45, 2.75) is 37.8 Å². The van der Waals surface area contributed by atoms with E-state index >= 15 is 0 Å². The minimum atomic E-state index is -4.41. The van der Waals surface area contributed by atoms with Gasteiger partial charge in [0.2, 0.25) is 0 Å². The fraction of sp³-hybridized carbons (Fsp3) is 0.500. The van der Waals surface area contributed by atoms with Gasteiger partial charge in [0.15, 0.2) is 5.78 Å². The second-order valence-corrected chi connectivity index (χ2v) is 4.74. The molecule has 0 saturated heterocycles. The Bertz CT molecular complexity index is 411. The first-order chi connectivity index (χ1) is 8.50. The summed E-state index contributed by atoms with van der Waals surface area (Å²) in [5.74, 6) is -3.04. The number of hydrogen-bond acceptors (Lipinski definition) is 1. The molecule has 4 heteroatoms. The molecule has 1 aliphatic carbocycles. The van der Waals surface area contributed by atoms with E-state index in [4.69, 9.17) is 0 Å². The van der Waals surface area contributed by atoms with Crippen LogP contribution in [-0.4, -0.2) is 12.0 Å². The molecule has 0 radical (unpaired) electrons. The quantitative estimate of drug-likeness (QED) is 0.691. The van der Waals surface area contributed by atoms with Crippen molar-refractivity contribution in [3.63, 3.8) is 0 Å². The molecule has 1 aromatic carbocycles. The largest absolute Gasteiger partial charge is 0.398 e. The Kier molecular flexibility index (Phi) is 3.73. The van der Waals surface area contributed by atoms with Crippen LogP contribution in [0.3, 0.4) is 0 Å². The Morgan fingerprint density at radius 1 is 1.00 bits per heavy atom. The van der Waals surface area contributed by atoms with Crippen LogP contribution in [0.15, 0.2) is 30.3 Å². The Balaban J connectivity index is 2.28. The number of rotatable bonds is 1. The van der Waals surface area contributed by atoms with E-state index < -0.39 is 23.8 Å². The average molecular weight is 256 g/mol. The van der Waals surface area contributed by atoms with Gasteiger partial charge in [0, 0.05) is 5.92 Å². The van der Waals surface area contributed by atoms with Gasteiger partial charge in [-0.25, -0.2) is 0 Å². The van der Waals surface area contributed by atoms with E-state index in [2.05, 4.69) is 0 Å². The van der Waals surface area contributed by atoms with E-state index in [9.17, 15) is 18.0 Å². The van der Waals surface area contributed by atoms with E-state index in [1.54, 1.807) is 30.3 Å². The zero-order valence-electron chi connectivity index (χ0n) is 9.91. The summed E-state index contributed by atoms with van der Waals surface area (Å²) in [4.78, 5) is 12.1. The third kappa shape index (κ3) is 2.74. The molecule has 0 spiro atoms. The molecule has 0 unspecified atom stereocenters. The Morgan fingerprint density at radius 2 is 1.61 bits per heavy atom. The van der Waals surface area contributed by atoms with Gasteiger partial charge in [-0.05, 0) is 18.4 Å². The summed E-state index contributed by atoms with van der Waals surface area (Å²) in [7, 11) is 0. The van der Waals surface area contributed by atoms with Crippen LogP contribution in [-0.2, 0) is 4.79 Å². The van der Waals surface area contributed by atoms with Crippen molar-refractivity contribution in [3.05, 3.63) is 35.9 Å². The third-order valence-corrected chi connectivity index (χ3v) is 3.52. The SMILES string of the molecule is O=C1[C@@H](c2ccccc2)CCCC[C@@H]1C(F)(F)F. The number of benzene rings is 1. The number of carbonyl (C=O) groups excluding carboxylic acids is 1. The van der Waals surface area contributed by atoms with E-state index in [1.807, 2.05) is 0 Å². The highest BCUT2D eigenvalue weighted by molar-refractivity contribution is 5.88. The Hall–Kier alpha value is -1.32. The summed E-state index contributed by atoms with van der Waals surface area (Å²) in [6.45, 7) is 0. The molecule has 1 fully saturated rings. The molecule has 2 atom stereocenters. The lowest BCUT2D eigenvalue weighted by atomic mass is 9.86. The first-order valence-electron chi connectivity index (χ1n) is 6.15. The highest BCUT2D eigenvalue weighted by Crippen LogP contribution is 2.39. The van der Waals surface area contributed by atoms with E-state index in [0.717, 1.165) is 0 Å². The molecule has 1 nitrogen and oxygen atoms in total. The summed E-state index contributed by atoms with van der Waals surface area (Å²) < 4.78 is 38.5. The highest BCUT2D eigenvalue weighted by Gasteiger charge is 2.47. The standard InChI is InChI=1S/C14H15F3O/c15-14(16,17)12-9-5-4-8-11(13(12)18)10-6-2-1-3-7-10/h1-3,6-7,11-12H,4-5,8-9H2/t11-,12+/m1/s1. The second kappa shape index (κ2) is 5.12. The molecule has 98 valence electrons. The average Bonchev–Trinajstić information content (AvgIpc) is 2.51. The fourth-order valence-electron chi connectivity index (χ4n) is 2.57. The number of halogens is 3. The predicted molar refractivity (Wildman–Crippen MR) is 62.2 cm³/mol. The van der Waals surface area contributed by atoms with Gasteiger partial charge in [-0.3, -0.25) is 4.79 Å². The third-order valence-electron chi connectivity index (χ3n) is 3.52. The van der Waals surface area contributed by atoms with Crippen molar-refractivity contribution in [1.82, 2.24) is 0 Å². The Morgan fingerprint density at radius 3 is 2.22 bits per heavy atom. The zero-order chi connectivity index (χ0) is 13.2. The van der Waals surface area contributed by atoms with Crippen LogP contribution in [0.5, 0.6) is 0 Å². The van der Waals surface area contributed by atoms with Crippen LogP contribution >= 0.6 is 0 Å². The molecular weight excluding hydrogens is 241 g/mol. The highest BCUT2D eigenvalue weighted by atomic mass is 19.4. The molecule has 0 amide bonds. The van der Waals surface area contributed by atoms with Crippen molar-refractivity contribution < 1.29 is 18.0 Å². The normalized spacial score (nSPS) is 25.8. The van der Waals surface area contributed by atoms with Crippen molar-refractivity contribution >= 4 is 5.78 Å². The van der Waals surface area contributed by atoms with Gasteiger partial charge < -0.3 is 0 Å². The first kappa shape index (κ1) is 13.1. The lowest BCUT2D eigenvalue weighted by Gasteiger charge is -2.21. The van der Waals surface area contributed by atoms with Crippen LogP contribution < -0.4 is 0 Å². The topological polar surface area (TPSA) is 17.1 Å². The maximum atomic E-state index is 12.8. The minimum absolute atomic E-state index is 0.0638. The molecule has 1 saturated carbocycles. The molecule has 1 aromatic rings. The van der Waals surface area contributed by atoms with Crippen molar-refractivity contribution in [1.29, 1.82) is 0 Å². The van der Waals surface area contributed by atoms with Crippen LogP contribution in [0, 0.1) is 5.92 Å². The van der Waals surface area contributed by atoms with Crippen molar-refractivity contribution in [3.8, 4) is 0 Å². The molecule has 0 heterocycles. The van der Waals surface area contributed by atoms with Gasteiger partial charge in [-0.15, -0.1) is 0 Å². The minimum Gasteiger partial charge on any atom is -0.298 e. The molecule has 0 aliphatic heterocycles. The molecule has 0 aromatic heterocycles. The summed E-state index contributed by atoms with van der Waals surface area (Å²) >= 11 is 0. The summed E-state index contributed by atoms with van der Waals surface area (Å²) in [6, 6.07) is 8.79. The van der Waals surface area contributed by atoms with Crippen molar-refractivity contribution in [2.24, 2.45) is 5.92 Å². The van der Waals surface area contributed by atoms with Gasteiger partial charge in [-0.1, -0.05) is 43.2 Å². The smallest absolute Gasteiger partial charge is 0.298 e. The maximum Gasteiger partial charge on any atom is 0.398 e. The predicted octanol–water partition coefficient (Wildman–Crippen LogP) is 4.09. The molecule has 0 bridgehead atoms. The van der Waals surface area contributed by atoms with Crippen LogP contribution in [0.4, 0.5) is 13.2 Å². The monoisotopic (exact) mass is 256 g/mol. The van der Waals surface area contributed by atoms with E-state index in [0.29, 0.717) is 24.8 Å². The van der Waals surface area contributed by atoms with Gasteiger partial charge in [0.1, 0.15) is 5.92 Å². The van der Waals surface area contributed by atoms with E-state index in [-0.39, 0.29) is 6.42 Å². The fourth-order valence-corrected chi connectivity index (χ4v) is 2.57. The van der Waals surface area contributed by atoms with Gasteiger partial charge >= 0.3 is 6.18 Å². The lowest BCUT2D eigenvalue weighted by molar-refractivity contribution is -0.182. The Labute approximate surface area is 104 Å². The van der Waals surface area contributed by atoms with Crippen LogP contribution in [0.1, 0.15) is 37.2 Å². The molecule has 0 N–H and O–H groups in total.